The first-order valence-electron chi connectivity index (χ1n) is 5.11. The smallest absolute Gasteiger partial charge is 0.266 e. The molecule has 0 unspecified atom stereocenters. The van der Waals surface area contributed by atoms with Crippen molar-refractivity contribution < 1.29 is 4.79 Å². The molecule has 0 radical (unpaired) electrons. The second kappa shape index (κ2) is 4.49. The van der Waals surface area contributed by atoms with Gasteiger partial charge in [-0.15, -0.1) is 11.3 Å². The maximum atomic E-state index is 11.8. The Labute approximate surface area is 97.7 Å². The normalized spacial score (nSPS) is 10.4. The fraction of sp³-hybridized carbons (Fsp3) is 0.273. The number of aromatic nitrogens is 2. The molecule has 2 N–H and O–H groups in total. The summed E-state index contributed by atoms with van der Waals surface area (Å²) >= 11 is 1.48. The van der Waals surface area contributed by atoms with Gasteiger partial charge in [0.25, 0.3) is 5.91 Å². The molecule has 2 rings (SSSR count). The number of carbonyl (C=O) groups is 1. The molecule has 4 nitrogen and oxygen atoms in total. The van der Waals surface area contributed by atoms with Gasteiger partial charge in [0.1, 0.15) is 0 Å². The van der Waals surface area contributed by atoms with Crippen molar-refractivity contribution in [2.24, 2.45) is 0 Å². The van der Waals surface area contributed by atoms with Crippen molar-refractivity contribution in [3.63, 3.8) is 0 Å². The van der Waals surface area contributed by atoms with E-state index < -0.39 is 0 Å². The molecule has 0 aliphatic carbocycles. The molecule has 5 heteroatoms. The van der Waals surface area contributed by atoms with Crippen molar-refractivity contribution in [2.75, 3.05) is 5.32 Å². The molecule has 0 spiro atoms. The van der Waals surface area contributed by atoms with Gasteiger partial charge in [-0.2, -0.15) is 5.10 Å². The first kappa shape index (κ1) is 10.9. The minimum absolute atomic E-state index is 0.104. The molecule has 0 bridgehead atoms. The number of thiophene rings is 1. The van der Waals surface area contributed by atoms with Crippen molar-refractivity contribution >= 4 is 23.1 Å². The van der Waals surface area contributed by atoms with E-state index in [2.05, 4.69) is 15.5 Å². The number of aryl methyl sites for hydroxylation is 2. The quantitative estimate of drug-likeness (QED) is 0.859. The summed E-state index contributed by atoms with van der Waals surface area (Å²) in [4.78, 5) is 13.6. The van der Waals surface area contributed by atoms with Crippen LogP contribution in [0.4, 0.5) is 5.82 Å². The average molecular weight is 235 g/mol. The molecule has 0 fully saturated rings. The van der Waals surface area contributed by atoms with Crippen molar-refractivity contribution in [3.8, 4) is 0 Å². The zero-order valence-electron chi connectivity index (χ0n) is 9.20. The Bertz CT molecular complexity index is 501. The number of nitrogens with zero attached hydrogens (tertiary/aromatic N) is 1. The van der Waals surface area contributed by atoms with Crippen molar-refractivity contribution in [1.82, 2.24) is 10.2 Å². The lowest BCUT2D eigenvalue weighted by atomic mass is 10.3. The van der Waals surface area contributed by atoms with Gasteiger partial charge < -0.3 is 5.32 Å². The van der Waals surface area contributed by atoms with E-state index in [1.54, 1.807) is 0 Å². The van der Waals surface area contributed by atoms with Crippen LogP contribution in [0.25, 0.3) is 0 Å². The number of aromatic amines is 1. The SMILES string of the molecule is CCc1cc(NC(=O)c2ccc(C)s2)n[nH]1. The first-order valence-corrected chi connectivity index (χ1v) is 5.92. The predicted octanol–water partition coefficient (Wildman–Crippen LogP) is 2.59. The predicted molar refractivity (Wildman–Crippen MR) is 65.0 cm³/mol. The summed E-state index contributed by atoms with van der Waals surface area (Å²) in [5, 5.41) is 9.62. The standard InChI is InChI=1S/C11H13N3OS/c1-3-8-6-10(14-13-8)12-11(15)9-5-4-7(2)16-9/h4-6H,3H2,1-2H3,(H2,12,13,14,15). The molecule has 0 atom stereocenters. The molecule has 84 valence electrons. The van der Waals surface area contributed by atoms with E-state index in [0.29, 0.717) is 10.7 Å². The van der Waals surface area contributed by atoms with Crippen molar-refractivity contribution in [2.45, 2.75) is 20.3 Å². The van der Waals surface area contributed by atoms with Gasteiger partial charge >= 0.3 is 0 Å². The van der Waals surface area contributed by atoms with Crippen LogP contribution in [0.2, 0.25) is 0 Å². The monoisotopic (exact) mass is 235 g/mol. The Morgan fingerprint density at radius 1 is 1.56 bits per heavy atom. The second-order valence-electron chi connectivity index (χ2n) is 3.50. The van der Waals surface area contributed by atoms with Gasteiger partial charge in [-0.3, -0.25) is 9.89 Å². The molecule has 2 aromatic heterocycles. The number of hydrogen-bond acceptors (Lipinski definition) is 3. The molecule has 16 heavy (non-hydrogen) atoms. The van der Waals surface area contributed by atoms with Gasteiger partial charge in [0.05, 0.1) is 4.88 Å². The zero-order valence-corrected chi connectivity index (χ0v) is 10.0. The minimum atomic E-state index is -0.104. The highest BCUT2D eigenvalue weighted by Gasteiger charge is 2.09. The minimum Gasteiger partial charge on any atom is -0.304 e. The summed E-state index contributed by atoms with van der Waals surface area (Å²) in [6.07, 6.45) is 0.876. The fourth-order valence-corrected chi connectivity index (χ4v) is 2.10. The summed E-state index contributed by atoms with van der Waals surface area (Å²) in [7, 11) is 0. The number of anilines is 1. The van der Waals surface area contributed by atoms with Gasteiger partial charge in [-0.05, 0) is 25.5 Å². The van der Waals surface area contributed by atoms with Crippen LogP contribution in [0.15, 0.2) is 18.2 Å². The molecule has 2 aromatic rings. The summed E-state index contributed by atoms with van der Waals surface area (Å²) in [6.45, 7) is 4.01. The highest BCUT2D eigenvalue weighted by Crippen LogP contribution is 2.16. The summed E-state index contributed by atoms with van der Waals surface area (Å²) < 4.78 is 0. The van der Waals surface area contributed by atoms with E-state index in [0.717, 1.165) is 17.0 Å². The summed E-state index contributed by atoms with van der Waals surface area (Å²) in [6, 6.07) is 5.60. The van der Waals surface area contributed by atoms with E-state index in [4.69, 9.17) is 0 Å². The van der Waals surface area contributed by atoms with Crippen molar-refractivity contribution in [3.05, 3.63) is 33.6 Å². The maximum Gasteiger partial charge on any atom is 0.266 e. The first-order chi connectivity index (χ1) is 7.69. The third kappa shape index (κ3) is 2.30. The van der Waals surface area contributed by atoms with Gasteiger partial charge in [-0.1, -0.05) is 6.92 Å². The topological polar surface area (TPSA) is 57.8 Å². The van der Waals surface area contributed by atoms with Crippen LogP contribution in [0.3, 0.4) is 0 Å². The van der Waals surface area contributed by atoms with Gasteiger partial charge in [0.15, 0.2) is 5.82 Å². The number of hydrogen-bond donors (Lipinski definition) is 2. The summed E-state index contributed by atoms with van der Waals surface area (Å²) in [5.41, 5.74) is 1.01. The fourth-order valence-electron chi connectivity index (χ4n) is 1.34. The molecule has 2 heterocycles. The number of nitrogens with one attached hydrogen (secondary N) is 2. The lowest BCUT2D eigenvalue weighted by Crippen LogP contribution is -2.10. The Morgan fingerprint density at radius 3 is 2.94 bits per heavy atom. The van der Waals surface area contributed by atoms with E-state index in [-0.39, 0.29) is 5.91 Å². The van der Waals surface area contributed by atoms with E-state index in [1.807, 2.05) is 32.0 Å². The number of amides is 1. The molecule has 1 amide bonds. The maximum absolute atomic E-state index is 11.8. The lowest BCUT2D eigenvalue weighted by molar-refractivity contribution is 0.103. The Hall–Kier alpha value is -1.62. The highest BCUT2D eigenvalue weighted by atomic mass is 32.1. The molecular formula is C11H13N3OS. The van der Waals surface area contributed by atoms with Crippen LogP contribution in [0.1, 0.15) is 27.2 Å². The van der Waals surface area contributed by atoms with Gasteiger partial charge in [0, 0.05) is 16.6 Å². The third-order valence-electron chi connectivity index (χ3n) is 2.22. The molecule has 0 aliphatic heterocycles. The molecular weight excluding hydrogens is 222 g/mol. The average Bonchev–Trinajstić information content (AvgIpc) is 2.87. The Kier molecular flexibility index (Phi) is 3.05. The van der Waals surface area contributed by atoms with E-state index >= 15 is 0 Å². The Morgan fingerprint density at radius 2 is 2.38 bits per heavy atom. The van der Waals surface area contributed by atoms with Crippen LogP contribution >= 0.6 is 11.3 Å². The molecule has 0 aromatic carbocycles. The van der Waals surface area contributed by atoms with Crippen molar-refractivity contribution in [1.29, 1.82) is 0 Å². The largest absolute Gasteiger partial charge is 0.304 e. The highest BCUT2D eigenvalue weighted by molar-refractivity contribution is 7.14. The number of H-pyrrole nitrogens is 1. The number of carbonyl (C=O) groups excluding carboxylic acids is 1. The van der Waals surface area contributed by atoms with Gasteiger partial charge in [0.2, 0.25) is 0 Å². The lowest BCUT2D eigenvalue weighted by Gasteiger charge is -1.97. The second-order valence-corrected chi connectivity index (χ2v) is 4.78. The van der Waals surface area contributed by atoms with Crippen LogP contribution in [-0.4, -0.2) is 16.1 Å². The zero-order chi connectivity index (χ0) is 11.5. The van der Waals surface area contributed by atoms with Gasteiger partial charge in [-0.25, -0.2) is 0 Å². The van der Waals surface area contributed by atoms with Crippen LogP contribution in [-0.2, 0) is 6.42 Å². The van der Waals surface area contributed by atoms with Crippen LogP contribution < -0.4 is 5.32 Å². The molecule has 0 saturated heterocycles. The Balaban J connectivity index is 2.07. The van der Waals surface area contributed by atoms with E-state index in [9.17, 15) is 4.79 Å². The van der Waals surface area contributed by atoms with Crippen LogP contribution in [0, 0.1) is 6.92 Å². The molecule has 0 saturated carbocycles. The summed E-state index contributed by atoms with van der Waals surface area (Å²) in [5.74, 6) is 0.472. The molecule has 0 aliphatic rings. The third-order valence-corrected chi connectivity index (χ3v) is 3.22. The van der Waals surface area contributed by atoms with E-state index in [1.165, 1.54) is 11.3 Å². The van der Waals surface area contributed by atoms with Crippen LogP contribution in [0.5, 0.6) is 0 Å². The number of rotatable bonds is 3.